The van der Waals surface area contributed by atoms with E-state index in [9.17, 15) is 0 Å². The van der Waals surface area contributed by atoms with Crippen molar-refractivity contribution in [1.82, 2.24) is 0 Å². The van der Waals surface area contributed by atoms with E-state index in [2.05, 4.69) is 11.8 Å². The molecule has 6 aliphatic rings. The van der Waals surface area contributed by atoms with E-state index < -0.39 is 0 Å². The molecule has 0 atom stereocenters. The second-order valence-electron chi connectivity index (χ2n) is 7.28. The first-order valence-electron chi connectivity index (χ1n) is 7.63. The SMILES string of the molecule is C1CC1[C+]1C2CC3CC1CC(C2)[C+]3C1CC1. The van der Waals surface area contributed by atoms with Crippen LogP contribution in [0.25, 0.3) is 0 Å². The van der Waals surface area contributed by atoms with Crippen molar-refractivity contribution < 1.29 is 0 Å². The van der Waals surface area contributed by atoms with Gasteiger partial charge in [0.25, 0.3) is 0 Å². The first kappa shape index (κ1) is 8.78. The molecule has 0 amide bonds. The lowest BCUT2D eigenvalue weighted by molar-refractivity contribution is 0.0488. The fraction of sp³-hybridized carbons (Fsp3) is 0.875. The highest BCUT2D eigenvalue weighted by Crippen LogP contribution is 2.68. The smallest absolute Gasteiger partial charge is 0.00512 e. The third-order valence-electron chi connectivity index (χ3n) is 6.26. The molecule has 0 radical (unpaired) electrons. The molecular formula is C16H22+2. The van der Waals surface area contributed by atoms with Crippen LogP contribution in [0.5, 0.6) is 0 Å². The Morgan fingerprint density at radius 2 is 0.750 bits per heavy atom. The van der Waals surface area contributed by atoms with Gasteiger partial charge in [0, 0.05) is 25.7 Å². The molecule has 0 N–H and O–H groups in total. The van der Waals surface area contributed by atoms with Crippen molar-refractivity contribution in [1.29, 1.82) is 0 Å². The lowest BCUT2D eigenvalue weighted by Gasteiger charge is -2.46. The summed E-state index contributed by atoms with van der Waals surface area (Å²) in [5.74, 6) is 10.8. The van der Waals surface area contributed by atoms with E-state index in [1.807, 2.05) is 0 Å². The van der Waals surface area contributed by atoms with Gasteiger partial charge in [-0.2, -0.15) is 0 Å². The van der Waals surface area contributed by atoms with Crippen molar-refractivity contribution in [2.24, 2.45) is 35.5 Å². The second-order valence-corrected chi connectivity index (χ2v) is 7.28. The molecular weight excluding hydrogens is 192 g/mol. The minimum absolute atomic E-state index is 1.09. The summed E-state index contributed by atoms with van der Waals surface area (Å²) >= 11 is 0. The third kappa shape index (κ3) is 1.07. The summed E-state index contributed by atoms with van der Waals surface area (Å²) in [5.41, 5.74) is 0. The summed E-state index contributed by atoms with van der Waals surface area (Å²) < 4.78 is 0. The molecule has 0 aromatic heterocycles. The molecule has 6 saturated carbocycles. The normalized spacial score (nSPS) is 50.2. The number of hydrogen-bond acceptors (Lipinski definition) is 0. The lowest BCUT2D eigenvalue weighted by atomic mass is 9.46. The van der Waals surface area contributed by atoms with Gasteiger partial charge in [-0.3, -0.25) is 0 Å². The van der Waals surface area contributed by atoms with Crippen LogP contribution in [0.15, 0.2) is 0 Å². The lowest BCUT2D eigenvalue weighted by Crippen LogP contribution is -2.49. The van der Waals surface area contributed by atoms with Crippen LogP contribution in [0, 0.1) is 47.3 Å². The average Bonchev–Trinajstić information content (AvgIpc) is 3.12. The zero-order valence-corrected chi connectivity index (χ0v) is 10.1. The van der Waals surface area contributed by atoms with E-state index in [-0.39, 0.29) is 0 Å². The topological polar surface area (TPSA) is 0 Å². The van der Waals surface area contributed by atoms with E-state index in [4.69, 9.17) is 0 Å². The Kier molecular flexibility index (Phi) is 1.52. The van der Waals surface area contributed by atoms with E-state index in [1.54, 1.807) is 51.4 Å². The van der Waals surface area contributed by atoms with Crippen LogP contribution < -0.4 is 0 Å². The van der Waals surface area contributed by atoms with Crippen LogP contribution in [-0.4, -0.2) is 0 Å². The van der Waals surface area contributed by atoms with Gasteiger partial charge in [0.05, 0.1) is 0 Å². The van der Waals surface area contributed by atoms with Gasteiger partial charge in [-0.15, -0.1) is 0 Å². The summed E-state index contributed by atoms with van der Waals surface area (Å²) in [6.45, 7) is 0. The third-order valence-corrected chi connectivity index (χ3v) is 6.26. The zero-order chi connectivity index (χ0) is 10.3. The molecule has 0 saturated heterocycles. The molecule has 0 heteroatoms. The van der Waals surface area contributed by atoms with Crippen LogP contribution in [0.1, 0.15) is 51.4 Å². The maximum absolute atomic E-state index is 2.09. The summed E-state index contributed by atoms with van der Waals surface area (Å²) in [6.07, 6.45) is 12.6. The van der Waals surface area contributed by atoms with Crippen molar-refractivity contribution in [3.8, 4) is 0 Å². The average molecular weight is 214 g/mol. The summed E-state index contributed by atoms with van der Waals surface area (Å²) in [5, 5.41) is 0. The molecule has 0 spiro atoms. The Morgan fingerprint density at radius 1 is 0.438 bits per heavy atom. The van der Waals surface area contributed by atoms with Crippen molar-refractivity contribution in [2.75, 3.05) is 0 Å². The van der Waals surface area contributed by atoms with Gasteiger partial charge in [-0.25, -0.2) is 0 Å². The molecule has 0 heterocycles. The van der Waals surface area contributed by atoms with Gasteiger partial charge < -0.3 is 0 Å². The molecule has 0 aromatic rings. The Bertz CT molecular complexity index is 252. The van der Waals surface area contributed by atoms with Crippen LogP contribution >= 0.6 is 0 Å². The maximum atomic E-state index is 2.09. The van der Waals surface area contributed by atoms with E-state index in [0.717, 1.165) is 35.5 Å². The molecule has 0 nitrogen and oxygen atoms in total. The molecule has 0 aromatic carbocycles. The van der Waals surface area contributed by atoms with Gasteiger partial charge in [0.1, 0.15) is 47.3 Å². The minimum atomic E-state index is 1.09. The minimum Gasteiger partial charge on any atom is -0.00512 e. The van der Waals surface area contributed by atoms with Gasteiger partial charge in [0.15, 0.2) is 0 Å². The van der Waals surface area contributed by atoms with Crippen molar-refractivity contribution in [3.05, 3.63) is 11.8 Å². The predicted molar refractivity (Wildman–Crippen MR) is 64.4 cm³/mol. The fourth-order valence-corrected chi connectivity index (χ4v) is 5.68. The standard InChI is InChI=1S/C16H22/c1-2-9(1)15-11-5-13-7-12(15)8-14(6-11)16(13)10-3-4-10/h9-14H,1-8H2/q+2. The van der Waals surface area contributed by atoms with Crippen molar-refractivity contribution in [3.63, 3.8) is 0 Å². The first-order chi connectivity index (χ1) is 7.90. The van der Waals surface area contributed by atoms with Crippen molar-refractivity contribution >= 4 is 0 Å². The van der Waals surface area contributed by atoms with E-state index in [0.29, 0.717) is 0 Å². The Hall–Kier alpha value is -0.260. The van der Waals surface area contributed by atoms with E-state index in [1.165, 1.54) is 0 Å². The summed E-state index contributed by atoms with van der Waals surface area (Å²) in [6, 6.07) is 0. The Morgan fingerprint density at radius 3 is 1.00 bits per heavy atom. The molecule has 4 bridgehead atoms. The predicted octanol–water partition coefficient (Wildman–Crippen LogP) is 4.02. The molecule has 6 rings (SSSR count). The Balaban J connectivity index is 1.45. The quantitative estimate of drug-likeness (QED) is 0.609. The van der Waals surface area contributed by atoms with Crippen LogP contribution in [0.2, 0.25) is 0 Å². The fourth-order valence-electron chi connectivity index (χ4n) is 5.68. The van der Waals surface area contributed by atoms with Gasteiger partial charge in [-0.05, 0) is 25.7 Å². The van der Waals surface area contributed by atoms with Crippen LogP contribution in [0.4, 0.5) is 0 Å². The number of hydrogen-bond donors (Lipinski definition) is 0. The first-order valence-corrected chi connectivity index (χ1v) is 7.63. The summed E-state index contributed by atoms with van der Waals surface area (Å²) in [7, 11) is 0. The van der Waals surface area contributed by atoms with Gasteiger partial charge >= 0.3 is 0 Å². The van der Waals surface area contributed by atoms with Gasteiger partial charge in [0.2, 0.25) is 0 Å². The molecule has 6 fully saturated rings. The van der Waals surface area contributed by atoms with Crippen LogP contribution in [0.3, 0.4) is 0 Å². The molecule has 84 valence electrons. The largest absolute Gasteiger partial charge is 0.110 e. The highest BCUT2D eigenvalue weighted by molar-refractivity contribution is 5.28. The zero-order valence-electron chi connectivity index (χ0n) is 10.1. The van der Waals surface area contributed by atoms with Crippen LogP contribution in [-0.2, 0) is 0 Å². The molecule has 6 aliphatic carbocycles. The molecule has 16 heavy (non-hydrogen) atoms. The highest BCUT2D eigenvalue weighted by atomic mass is 14.6. The monoisotopic (exact) mass is 214 g/mol. The van der Waals surface area contributed by atoms with Crippen molar-refractivity contribution in [2.45, 2.75) is 51.4 Å². The Labute approximate surface area is 99.2 Å². The second kappa shape index (κ2) is 2.76. The molecule has 0 aliphatic heterocycles. The highest BCUT2D eigenvalue weighted by Gasteiger charge is 2.70. The number of rotatable bonds is 2. The van der Waals surface area contributed by atoms with Gasteiger partial charge in [-0.1, -0.05) is 0 Å². The maximum Gasteiger partial charge on any atom is 0.110 e. The summed E-state index contributed by atoms with van der Waals surface area (Å²) in [4.78, 5) is 0. The molecule has 0 unspecified atom stereocenters. The van der Waals surface area contributed by atoms with E-state index >= 15 is 0 Å².